The second-order valence-corrected chi connectivity index (χ2v) is 5.24. The molecule has 0 aliphatic heterocycles. The summed E-state index contributed by atoms with van der Waals surface area (Å²) in [7, 11) is 1.63. The van der Waals surface area contributed by atoms with Gasteiger partial charge in [0.05, 0.1) is 17.8 Å². The van der Waals surface area contributed by atoms with Gasteiger partial charge in [-0.15, -0.1) is 0 Å². The van der Waals surface area contributed by atoms with Crippen molar-refractivity contribution in [2.45, 2.75) is 26.2 Å². The van der Waals surface area contributed by atoms with Gasteiger partial charge in [0, 0.05) is 19.8 Å². The van der Waals surface area contributed by atoms with Gasteiger partial charge in [-0.25, -0.2) is 0 Å². The Balaban J connectivity index is 1.89. The number of aliphatic imine (C=N–C) groups is 1. The van der Waals surface area contributed by atoms with Crippen LogP contribution in [0.3, 0.4) is 0 Å². The third kappa shape index (κ3) is 4.97. The van der Waals surface area contributed by atoms with Crippen LogP contribution in [0.15, 0.2) is 47.6 Å². The molecule has 0 amide bonds. The molecule has 0 aliphatic carbocycles. The summed E-state index contributed by atoms with van der Waals surface area (Å²) < 4.78 is 37.6. The van der Waals surface area contributed by atoms with Crippen LogP contribution in [0.4, 0.5) is 13.2 Å². The number of benzene rings is 1. The molecule has 1 aromatic heterocycles. The first kappa shape index (κ1) is 17.8. The molecule has 0 saturated heterocycles. The Morgan fingerprint density at radius 3 is 2.33 bits per heavy atom. The normalized spacial score (nSPS) is 12.1. The van der Waals surface area contributed by atoms with Crippen LogP contribution < -0.4 is 10.6 Å². The maximum absolute atomic E-state index is 12.5. The van der Waals surface area contributed by atoms with Gasteiger partial charge in [0.15, 0.2) is 5.96 Å². The SMILES string of the molecule is CN=C(NCc1ccc(C(F)(F)F)cc1)NCc1ncccc1C. The fourth-order valence-electron chi connectivity index (χ4n) is 2.09. The van der Waals surface area contributed by atoms with E-state index in [9.17, 15) is 13.2 Å². The van der Waals surface area contributed by atoms with Gasteiger partial charge in [0.1, 0.15) is 0 Å². The molecule has 0 spiro atoms. The predicted octanol–water partition coefficient (Wildman–Crippen LogP) is 3.27. The van der Waals surface area contributed by atoms with Gasteiger partial charge in [0.2, 0.25) is 0 Å². The number of nitrogens with one attached hydrogen (secondary N) is 2. The van der Waals surface area contributed by atoms with Crippen molar-refractivity contribution < 1.29 is 13.2 Å². The molecule has 0 atom stereocenters. The quantitative estimate of drug-likeness (QED) is 0.665. The first-order valence-electron chi connectivity index (χ1n) is 7.41. The van der Waals surface area contributed by atoms with Crippen LogP contribution in [-0.4, -0.2) is 18.0 Å². The Morgan fingerprint density at radius 2 is 1.75 bits per heavy atom. The number of aryl methyl sites for hydroxylation is 1. The molecule has 1 aromatic carbocycles. The third-order valence-corrected chi connectivity index (χ3v) is 3.51. The average molecular weight is 336 g/mol. The highest BCUT2D eigenvalue weighted by molar-refractivity contribution is 5.79. The summed E-state index contributed by atoms with van der Waals surface area (Å²) in [5, 5.41) is 6.19. The smallest absolute Gasteiger partial charge is 0.352 e. The third-order valence-electron chi connectivity index (χ3n) is 3.51. The van der Waals surface area contributed by atoms with Crippen LogP contribution in [0.5, 0.6) is 0 Å². The number of rotatable bonds is 4. The standard InChI is InChI=1S/C17H19F3N4/c1-12-4-3-9-22-15(12)11-24-16(21-2)23-10-13-5-7-14(8-6-13)17(18,19)20/h3-9H,10-11H2,1-2H3,(H2,21,23,24). The molecule has 0 bridgehead atoms. The van der Waals surface area contributed by atoms with Crippen LogP contribution >= 0.6 is 0 Å². The van der Waals surface area contributed by atoms with Gasteiger partial charge < -0.3 is 10.6 Å². The fourth-order valence-corrected chi connectivity index (χ4v) is 2.09. The van der Waals surface area contributed by atoms with Crippen LogP contribution in [-0.2, 0) is 19.3 Å². The Bertz CT molecular complexity index is 694. The lowest BCUT2D eigenvalue weighted by Gasteiger charge is -2.13. The van der Waals surface area contributed by atoms with E-state index in [0.717, 1.165) is 29.0 Å². The van der Waals surface area contributed by atoms with Gasteiger partial charge in [-0.05, 0) is 36.2 Å². The molecular formula is C17H19F3N4. The van der Waals surface area contributed by atoms with Gasteiger partial charge in [-0.1, -0.05) is 18.2 Å². The molecule has 1 heterocycles. The Morgan fingerprint density at radius 1 is 1.08 bits per heavy atom. The van der Waals surface area contributed by atoms with E-state index in [-0.39, 0.29) is 0 Å². The number of nitrogens with zero attached hydrogens (tertiary/aromatic N) is 2. The van der Waals surface area contributed by atoms with E-state index in [1.807, 2.05) is 19.1 Å². The summed E-state index contributed by atoms with van der Waals surface area (Å²) in [6.45, 7) is 2.86. The van der Waals surface area contributed by atoms with E-state index < -0.39 is 11.7 Å². The van der Waals surface area contributed by atoms with Gasteiger partial charge >= 0.3 is 6.18 Å². The number of hydrogen-bond acceptors (Lipinski definition) is 2. The van der Waals surface area contributed by atoms with Crippen molar-refractivity contribution in [3.63, 3.8) is 0 Å². The lowest BCUT2D eigenvalue weighted by molar-refractivity contribution is -0.137. The van der Waals surface area contributed by atoms with Gasteiger partial charge in [-0.3, -0.25) is 9.98 Å². The summed E-state index contributed by atoms with van der Waals surface area (Å²) in [5.41, 5.74) is 2.07. The summed E-state index contributed by atoms with van der Waals surface area (Å²) >= 11 is 0. The number of guanidine groups is 1. The fraction of sp³-hybridized carbons (Fsp3) is 0.294. The topological polar surface area (TPSA) is 49.3 Å². The number of pyridine rings is 1. The molecule has 0 aliphatic rings. The average Bonchev–Trinajstić information content (AvgIpc) is 2.56. The van der Waals surface area contributed by atoms with E-state index in [0.29, 0.717) is 19.0 Å². The zero-order valence-electron chi connectivity index (χ0n) is 13.5. The van der Waals surface area contributed by atoms with Crippen molar-refractivity contribution in [1.82, 2.24) is 15.6 Å². The van der Waals surface area contributed by atoms with Crippen LogP contribution in [0.1, 0.15) is 22.4 Å². The molecule has 7 heteroatoms. The lowest BCUT2D eigenvalue weighted by Crippen LogP contribution is -2.36. The second-order valence-electron chi connectivity index (χ2n) is 5.24. The molecule has 4 nitrogen and oxygen atoms in total. The largest absolute Gasteiger partial charge is 0.416 e. The predicted molar refractivity (Wildman–Crippen MR) is 87.5 cm³/mol. The molecule has 0 fully saturated rings. The lowest BCUT2D eigenvalue weighted by atomic mass is 10.1. The molecule has 0 saturated carbocycles. The zero-order chi connectivity index (χ0) is 17.6. The second kappa shape index (κ2) is 7.81. The first-order chi connectivity index (χ1) is 11.4. The maximum Gasteiger partial charge on any atom is 0.416 e. The Kier molecular flexibility index (Phi) is 5.78. The van der Waals surface area contributed by atoms with Crippen LogP contribution in [0.25, 0.3) is 0 Å². The molecular weight excluding hydrogens is 317 g/mol. The van der Waals surface area contributed by atoms with Crippen molar-refractivity contribution >= 4 is 5.96 Å². The summed E-state index contributed by atoms with van der Waals surface area (Å²) in [6, 6.07) is 8.89. The van der Waals surface area contributed by atoms with Crippen molar-refractivity contribution in [2.24, 2.45) is 4.99 Å². The molecule has 2 rings (SSSR count). The highest BCUT2D eigenvalue weighted by atomic mass is 19.4. The molecule has 128 valence electrons. The molecule has 0 radical (unpaired) electrons. The molecule has 2 aromatic rings. The summed E-state index contributed by atoms with van der Waals surface area (Å²) in [4.78, 5) is 8.37. The van der Waals surface area contributed by atoms with Crippen molar-refractivity contribution in [3.05, 3.63) is 65.0 Å². The number of alkyl halides is 3. The highest BCUT2D eigenvalue weighted by Gasteiger charge is 2.29. The highest BCUT2D eigenvalue weighted by Crippen LogP contribution is 2.28. The molecule has 24 heavy (non-hydrogen) atoms. The monoisotopic (exact) mass is 336 g/mol. The molecule has 2 N–H and O–H groups in total. The minimum absolute atomic E-state index is 0.374. The van der Waals surface area contributed by atoms with Gasteiger partial charge in [-0.2, -0.15) is 13.2 Å². The summed E-state index contributed by atoms with van der Waals surface area (Å²) in [5.74, 6) is 0.556. The summed E-state index contributed by atoms with van der Waals surface area (Å²) in [6.07, 6.45) is -2.59. The number of halogens is 3. The van der Waals surface area contributed by atoms with Crippen molar-refractivity contribution in [1.29, 1.82) is 0 Å². The van der Waals surface area contributed by atoms with E-state index in [2.05, 4.69) is 20.6 Å². The van der Waals surface area contributed by atoms with Crippen molar-refractivity contribution in [2.75, 3.05) is 7.05 Å². The Hall–Kier alpha value is -2.57. The van der Waals surface area contributed by atoms with Crippen molar-refractivity contribution in [3.8, 4) is 0 Å². The van der Waals surface area contributed by atoms with E-state index in [1.54, 1.807) is 13.2 Å². The van der Waals surface area contributed by atoms with Crippen LogP contribution in [0, 0.1) is 6.92 Å². The Labute approximate surface area is 138 Å². The first-order valence-corrected chi connectivity index (χ1v) is 7.41. The van der Waals surface area contributed by atoms with Gasteiger partial charge in [0.25, 0.3) is 0 Å². The maximum atomic E-state index is 12.5. The minimum atomic E-state index is -4.32. The number of aromatic nitrogens is 1. The van der Waals surface area contributed by atoms with E-state index in [4.69, 9.17) is 0 Å². The molecule has 0 unspecified atom stereocenters. The zero-order valence-corrected chi connectivity index (χ0v) is 13.5. The minimum Gasteiger partial charge on any atom is -0.352 e. The number of hydrogen-bond donors (Lipinski definition) is 2. The van der Waals surface area contributed by atoms with E-state index >= 15 is 0 Å². The van der Waals surface area contributed by atoms with Crippen LogP contribution in [0.2, 0.25) is 0 Å². The van der Waals surface area contributed by atoms with E-state index in [1.165, 1.54) is 12.1 Å².